The minimum atomic E-state index is -1.12. The van der Waals surface area contributed by atoms with Gasteiger partial charge in [0.1, 0.15) is 6.04 Å². The maximum Gasteiger partial charge on any atom is 0.328 e. The SMILES string of the molecule is CC(C)CC(NC(N)=O)C(=O)N1CCOCC1C(=O)O. The number of primary amides is 1. The number of nitrogens with one attached hydrogen (secondary N) is 1. The predicted molar refractivity (Wildman–Crippen MR) is 69.9 cm³/mol. The van der Waals surface area contributed by atoms with Crippen LogP contribution in [0.1, 0.15) is 20.3 Å². The minimum Gasteiger partial charge on any atom is -0.480 e. The number of nitrogens with two attached hydrogens (primary N) is 1. The summed E-state index contributed by atoms with van der Waals surface area (Å²) < 4.78 is 5.08. The Morgan fingerprint density at radius 1 is 1.45 bits per heavy atom. The summed E-state index contributed by atoms with van der Waals surface area (Å²) in [5.41, 5.74) is 5.07. The number of hydrogen-bond acceptors (Lipinski definition) is 4. The van der Waals surface area contributed by atoms with Crippen molar-refractivity contribution >= 4 is 17.9 Å². The van der Waals surface area contributed by atoms with E-state index in [1.165, 1.54) is 4.90 Å². The number of aliphatic carboxylic acids is 1. The number of amides is 3. The first-order valence-electron chi connectivity index (χ1n) is 6.50. The number of urea groups is 1. The van der Waals surface area contributed by atoms with Gasteiger partial charge < -0.3 is 25.8 Å². The molecule has 0 aromatic heterocycles. The third-order valence-corrected chi connectivity index (χ3v) is 3.02. The third kappa shape index (κ3) is 4.37. The Bertz CT molecular complexity index is 385. The lowest BCUT2D eigenvalue weighted by molar-refractivity contribution is -0.159. The second-order valence-electron chi connectivity index (χ2n) is 5.15. The van der Waals surface area contributed by atoms with Gasteiger partial charge in [0, 0.05) is 6.54 Å². The van der Waals surface area contributed by atoms with Gasteiger partial charge in [-0.3, -0.25) is 4.79 Å². The minimum absolute atomic E-state index is 0.0496. The lowest BCUT2D eigenvalue weighted by atomic mass is 10.0. The van der Waals surface area contributed by atoms with Crippen LogP contribution in [0, 0.1) is 5.92 Å². The molecule has 2 unspecified atom stereocenters. The van der Waals surface area contributed by atoms with E-state index >= 15 is 0 Å². The molecule has 8 heteroatoms. The van der Waals surface area contributed by atoms with Gasteiger partial charge in [0.2, 0.25) is 5.91 Å². The van der Waals surface area contributed by atoms with Crippen molar-refractivity contribution < 1.29 is 24.2 Å². The van der Waals surface area contributed by atoms with Gasteiger partial charge >= 0.3 is 12.0 Å². The van der Waals surface area contributed by atoms with Gasteiger partial charge in [-0.1, -0.05) is 13.8 Å². The number of carboxylic acid groups (broad SMARTS) is 1. The van der Waals surface area contributed by atoms with Crippen molar-refractivity contribution in [2.75, 3.05) is 19.8 Å². The van der Waals surface area contributed by atoms with Crippen LogP contribution < -0.4 is 11.1 Å². The summed E-state index contributed by atoms with van der Waals surface area (Å²) in [5.74, 6) is -1.41. The molecule has 0 aromatic carbocycles. The molecule has 0 radical (unpaired) electrons. The first kappa shape index (κ1) is 16.2. The summed E-state index contributed by atoms with van der Waals surface area (Å²) in [4.78, 5) is 35.8. The first-order chi connectivity index (χ1) is 9.32. The van der Waals surface area contributed by atoms with E-state index in [0.717, 1.165) is 0 Å². The topological polar surface area (TPSA) is 122 Å². The second kappa shape index (κ2) is 7.09. The number of ether oxygens (including phenoxy) is 1. The van der Waals surface area contributed by atoms with Crippen LogP contribution in [0.15, 0.2) is 0 Å². The number of rotatable bonds is 5. The Morgan fingerprint density at radius 2 is 2.10 bits per heavy atom. The fourth-order valence-corrected chi connectivity index (χ4v) is 2.14. The molecule has 114 valence electrons. The number of morpholine rings is 1. The Labute approximate surface area is 117 Å². The van der Waals surface area contributed by atoms with Gasteiger partial charge in [0.25, 0.3) is 0 Å². The Balaban J connectivity index is 2.84. The lowest BCUT2D eigenvalue weighted by Crippen LogP contribution is -2.59. The van der Waals surface area contributed by atoms with Crippen molar-refractivity contribution in [2.45, 2.75) is 32.4 Å². The monoisotopic (exact) mass is 287 g/mol. The zero-order valence-electron chi connectivity index (χ0n) is 11.7. The quantitative estimate of drug-likeness (QED) is 0.622. The van der Waals surface area contributed by atoms with E-state index in [2.05, 4.69) is 5.32 Å². The van der Waals surface area contributed by atoms with Crippen LogP contribution in [-0.2, 0) is 14.3 Å². The highest BCUT2D eigenvalue weighted by Gasteiger charge is 2.36. The van der Waals surface area contributed by atoms with Gasteiger partial charge in [-0.05, 0) is 12.3 Å². The third-order valence-electron chi connectivity index (χ3n) is 3.02. The van der Waals surface area contributed by atoms with Gasteiger partial charge in [0.15, 0.2) is 6.04 Å². The van der Waals surface area contributed by atoms with Crippen LogP contribution in [0.3, 0.4) is 0 Å². The Hall–Kier alpha value is -1.83. The maximum atomic E-state index is 12.4. The molecule has 0 aliphatic carbocycles. The van der Waals surface area contributed by atoms with Crippen LogP contribution >= 0.6 is 0 Å². The summed E-state index contributed by atoms with van der Waals surface area (Å²) in [6.45, 7) is 4.21. The van der Waals surface area contributed by atoms with E-state index in [-0.39, 0.29) is 25.7 Å². The number of hydrogen-bond donors (Lipinski definition) is 3. The average molecular weight is 287 g/mol. The fraction of sp³-hybridized carbons (Fsp3) is 0.750. The molecule has 1 aliphatic heterocycles. The number of carboxylic acids is 1. The standard InChI is InChI=1S/C12H21N3O5/c1-7(2)5-8(14-12(13)19)10(16)15-3-4-20-6-9(15)11(17)18/h7-9H,3-6H2,1-2H3,(H,17,18)(H3,13,14,19). The van der Waals surface area contributed by atoms with Crippen molar-refractivity contribution in [2.24, 2.45) is 11.7 Å². The van der Waals surface area contributed by atoms with Crippen LogP contribution in [0.2, 0.25) is 0 Å². The molecule has 0 aromatic rings. The highest BCUT2D eigenvalue weighted by molar-refractivity contribution is 5.90. The molecule has 3 amide bonds. The van der Waals surface area contributed by atoms with Crippen LogP contribution in [0.5, 0.6) is 0 Å². The zero-order chi connectivity index (χ0) is 15.3. The smallest absolute Gasteiger partial charge is 0.328 e. The van der Waals surface area contributed by atoms with Gasteiger partial charge in [-0.15, -0.1) is 0 Å². The molecule has 1 fully saturated rings. The normalized spacial score (nSPS) is 20.6. The van der Waals surface area contributed by atoms with Crippen molar-refractivity contribution in [3.8, 4) is 0 Å². The lowest BCUT2D eigenvalue weighted by Gasteiger charge is -2.35. The molecule has 4 N–H and O–H groups in total. The molecule has 20 heavy (non-hydrogen) atoms. The molecular weight excluding hydrogens is 266 g/mol. The van der Waals surface area contributed by atoms with E-state index < -0.39 is 30.0 Å². The average Bonchev–Trinajstić information content (AvgIpc) is 2.36. The largest absolute Gasteiger partial charge is 0.480 e. The van der Waals surface area contributed by atoms with E-state index in [1.54, 1.807) is 0 Å². The van der Waals surface area contributed by atoms with E-state index in [0.29, 0.717) is 6.42 Å². The summed E-state index contributed by atoms with van der Waals surface area (Å²) in [5, 5.41) is 11.5. The molecule has 1 aliphatic rings. The summed E-state index contributed by atoms with van der Waals surface area (Å²) >= 11 is 0. The molecule has 0 bridgehead atoms. The van der Waals surface area contributed by atoms with E-state index in [9.17, 15) is 14.4 Å². The molecule has 1 heterocycles. The maximum absolute atomic E-state index is 12.4. The summed E-state index contributed by atoms with van der Waals surface area (Å²) in [7, 11) is 0. The summed E-state index contributed by atoms with van der Waals surface area (Å²) in [6.07, 6.45) is 0.394. The number of carbonyl (C=O) groups excluding carboxylic acids is 2. The molecule has 0 saturated carbocycles. The molecule has 0 spiro atoms. The molecule has 8 nitrogen and oxygen atoms in total. The zero-order valence-corrected chi connectivity index (χ0v) is 11.7. The van der Waals surface area contributed by atoms with Crippen molar-refractivity contribution in [3.05, 3.63) is 0 Å². The van der Waals surface area contributed by atoms with Gasteiger partial charge in [0.05, 0.1) is 13.2 Å². The highest BCUT2D eigenvalue weighted by Crippen LogP contribution is 2.13. The number of nitrogens with zero attached hydrogens (tertiary/aromatic N) is 1. The van der Waals surface area contributed by atoms with Crippen molar-refractivity contribution in [1.29, 1.82) is 0 Å². The van der Waals surface area contributed by atoms with E-state index in [4.69, 9.17) is 15.6 Å². The predicted octanol–water partition coefficient (Wildman–Crippen LogP) is -0.619. The van der Waals surface area contributed by atoms with Crippen LogP contribution in [0.4, 0.5) is 4.79 Å². The van der Waals surface area contributed by atoms with Crippen molar-refractivity contribution in [3.63, 3.8) is 0 Å². The Morgan fingerprint density at radius 3 is 2.60 bits per heavy atom. The number of carbonyl (C=O) groups is 3. The molecular formula is C12H21N3O5. The molecule has 1 rings (SSSR count). The van der Waals surface area contributed by atoms with Crippen molar-refractivity contribution in [1.82, 2.24) is 10.2 Å². The highest BCUT2D eigenvalue weighted by atomic mass is 16.5. The first-order valence-corrected chi connectivity index (χ1v) is 6.50. The van der Waals surface area contributed by atoms with Crippen LogP contribution in [-0.4, -0.2) is 59.8 Å². The molecule has 2 atom stereocenters. The Kier molecular flexibility index (Phi) is 5.75. The summed E-state index contributed by atoms with van der Waals surface area (Å²) in [6, 6.07) is -2.64. The van der Waals surface area contributed by atoms with E-state index in [1.807, 2.05) is 13.8 Å². The second-order valence-corrected chi connectivity index (χ2v) is 5.15. The van der Waals surface area contributed by atoms with Gasteiger partial charge in [-0.2, -0.15) is 0 Å². The molecule has 1 saturated heterocycles. The van der Waals surface area contributed by atoms with Gasteiger partial charge in [-0.25, -0.2) is 9.59 Å². The van der Waals surface area contributed by atoms with Crippen LogP contribution in [0.25, 0.3) is 0 Å². The fourth-order valence-electron chi connectivity index (χ4n) is 2.14.